The number of hydrogen-bond acceptors (Lipinski definition) is 11. The summed E-state index contributed by atoms with van der Waals surface area (Å²) < 4.78 is 2.75. The number of benzene rings is 2. The third-order valence-corrected chi connectivity index (χ3v) is 7.77. The maximum absolute atomic E-state index is 11.8. The Bertz CT molecular complexity index is 1740. The Hall–Kier alpha value is -5.25. The minimum atomic E-state index is -1.31. The molecule has 15 nitrogen and oxygen atoms in total. The molecule has 1 saturated carbocycles. The topological polar surface area (TPSA) is 206 Å². The lowest BCUT2D eigenvalue weighted by molar-refractivity contribution is -0.384. The zero-order chi connectivity index (χ0) is 30.8. The largest absolute Gasteiger partial charge is 0.388 e. The normalized spacial score (nSPS) is 19.8. The highest BCUT2D eigenvalue weighted by Crippen LogP contribution is 2.35. The average molecular weight is 600 g/mol. The van der Waals surface area contributed by atoms with Gasteiger partial charge < -0.3 is 30.5 Å². The number of nitrogens with zero attached hydrogens (tertiary/aromatic N) is 7. The molecule has 6 rings (SSSR count). The Labute approximate surface area is 250 Å². The molecule has 4 atom stereocenters. The summed E-state index contributed by atoms with van der Waals surface area (Å²) in [6, 6.07) is 18.4. The third kappa shape index (κ3) is 5.58. The van der Waals surface area contributed by atoms with Crippen molar-refractivity contribution in [3.05, 3.63) is 101 Å². The number of anilines is 1. The number of hydrogen-bond donors (Lipinski definition) is 5. The smallest absolute Gasteiger partial charge is 0.307 e. The summed E-state index contributed by atoms with van der Waals surface area (Å²) in [6.45, 7) is -0.349. The van der Waals surface area contributed by atoms with E-state index in [1.807, 2.05) is 60.7 Å². The van der Waals surface area contributed by atoms with Crippen molar-refractivity contribution in [3.63, 3.8) is 0 Å². The standard InChI is InChI=1S/C29H29N9O6/c39-15-23(40)33-21-11-22(26(42)25(21)41)36-16-31-24-27(34-29(35-28(24)36)37-14-19(12-32-37)38(43)44)30-13-20(17-7-3-1-4-8-17)18-9-5-2-6-10-18/h1-10,12,14,16,20-22,25-26,39,41-42H,11,13,15H2,(H,33,40)(H,30,34,35). The van der Waals surface area contributed by atoms with Crippen molar-refractivity contribution in [1.29, 1.82) is 0 Å². The van der Waals surface area contributed by atoms with E-state index in [1.54, 1.807) is 4.57 Å². The first kappa shape index (κ1) is 28.9. The fourth-order valence-electron chi connectivity index (χ4n) is 5.57. The Kier molecular flexibility index (Phi) is 7.97. The Morgan fingerprint density at radius 3 is 2.34 bits per heavy atom. The van der Waals surface area contributed by atoms with Crippen LogP contribution < -0.4 is 10.6 Å². The molecule has 1 fully saturated rings. The predicted octanol–water partition coefficient (Wildman–Crippen LogP) is 1.31. The van der Waals surface area contributed by atoms with Crippen LogP contribution in [0.25, 0.3) is 17.1 Å². The van der Waals surface area contributed by atoms with Gasteiger partial charge in [-0.25, -0.2) is 4.98 Å². The second kappa shape index (κ2) is 12.2. The number of amides is 1. The van der Waals surface area contributed by atoms with E-state index >= 15 is 0 Å². The Morgan fingerprint density at radius 1 is 1.05 bits per heavy atom. The van der Waals surface area contributed by atoms with Crippen molar-refractivity contribution in [1.82, 2.24) is 34.6 Å². The molecule has 0 bridgehead atoms. The summed E-state index contributed by atoms with van der Waals surface area (Å²) in [5.74, 6) is -0.400. The van der Waals surface area contributed by atoms with E-state index in [9.17, 15) is 25.1 Å². The summed E-state index contributed by atoms with van der Waals surface area (Å²) in [4.78, 5) is 36.3. The SMILES string of the molecule is O=C(CO)NC1CC(n2cnc3c(NCC(c4ccccc4)c4ccccc4)nc(-n4cc([N+](=O)[O-])cn4)nc32)C(O)C1O. The highest BCUT2D eigenvalue weighted by Gasteiger charge is 2.44. The van der Waals surface area contributed by atoms with Crippen LogP contribution in [0.5, 0.6) is 0 Å². The van der Waals surface area contributed by atoms with Crippen molar-refractivity contribution in [3.8, 4) is 5.95 Å². The summed E-state index contributed by atoms with van der Waals surface area (Å²) >= 11 is 0. The number of aliphatic hydroxyl groups excluding tert-OH is 3. The van der Waals surface area contributed by atoms with E-state index < -0.39 is 41.7 Å². The summed E-state index contributed by atoms with van der Waals surface area (Å²) in [5, 5.41) is 52.0. The van der Waals surface area contributed by atoms with Crippen LogP contribution in [0.15, 0.2) is 79.4 Å². The fourth-order valence-corrected chi connectivity index (χ4v) is 5.57. The van der Waals surface area contributed by atoms with Crippen LogP contribution in [-0.2, 0) is 4.79 Å². The first-order valence-electron chi connectivity index (χ1n) is 13.9. The number of imidazole rings is 1. The van der Waals surface area contributed by atoms with Gasteiger partial charge in [-0.15, -0.1) is 0 Å². The molecule has 5 aromatic rings. The van der Waals surface area contributed by atoms with Gasteiger partial charge in [-0.3, -0.25) is 14.9 Å². The lowest BCUT2D eigenvalue weighted by atomic mass is 9.91. The number of aromatic nitrogens is 6. The molecule has 2 aromatic carbocycles. The van der Waals surface area contributed by atoms with Crippen LogP contribution >= 0.6 is 0 Å². The molecule has 0 radical (unpaired) electrons. The monoisotopic (exact) mass is 599 g/mol. The first-order valence-corrected chi connectivity index (χ1v) is 13.9. The number of rotatable bonds is 10. The first-order chi connectivity index (χ1) is 21.3. The van der Waals surface area contributed by atoms with E-state index in [4.69, 9.17) is 5.11 Å². The van der Waals surface area contributed by atoms with Crippen molar-refractivity contribution in [2.24, 2.45) is 0 Å². The van der Waals surface area contributed by atoms with Gasteiger partial charge in [0, 0.05) is 12.5 Å². The highest BCUT2D eigenvalue weighted by atomic mass is 16.6. The molecule has 3 aromatic heterocycles. The zero-order valence-electron chi connectivity index (χ0n) is 23.2. The molecule has 5 N–H and O–H groups in total. The fraction of sp³-hybridized carbons (Fsp3) is 0.276. The van der Waals surface area contributed by atoms with Gasteiger partial charge in [-0.1, -0.05) is 60.7 Å². The second-order valence-corrected chi connectivity index (χ2v) is 10.5. The van der Waals surface area contributed by atoms with Crippen LogP contribution in [-0.4, -0.2) is 86.9 Å². The van der Waals surface area contributed by atoms with E-state index in [2.05, 4.69) is 30.7 Å². The zero-order valence-corrected chi connectivity index (χ0v) is 23.2. The number of nitrogens with one attached hydrogen (secondary N) is 2. The molecule has 4 unspecified atom stereocenters. The molecule has 226 valence electrons. The van der Waals surface area contributed by atoms with Crippen molar-refractivity contribution >= 4 is 28.6 Å². The molecule has 3 heterocycles. The highest BCUT2D eigenvalue weighted by molar-refractivity contribution is 5.84. The summed E-state index contributed by atoms with van der Waals surface area (Å²) in [5.41, 5.74) is 2.53. The quantitative estimate of drug-likeness (QED) is 0.114. The average Bonchev–Trinajstić information content (AvgIpc) is 3.77. The molecule has 0 aliphatic heterocycles. The van der Waals surface area contributed by atoms with Gasteiger partial charge in [0.25, 0.3) is 5.95 Å². The summed E-state index contributed by atoms with van der Waals surface area (Å²) in [6.07, 6.45) is 1.26. The molecule has 1 amide bonds. The van der Waals surface area contributed by atoms with Gasteiger partial charge in [-0.05, 0) is 17.5 Å². The van der Waals surface area contributed by atoms with Crippen molar-refractivity contribution < 1.29 is 25.0 Å². The molecular formula is C29H29N9O6. The third-order valence-electron chi connectivity index (χ3n) is 7.77. The minimum absolute atomic E-state index is 0.0176. The Balaban J connectivity index is 1.40. The Morgan fingerprint density at radius 2 is 1.73 bits per heavy atom. The maximum Gasteiger partial charge on any atom is 0.307 e. The molecule has 0 spiro atoms. The van der Waals surface area contributed by atoms with Gasteiger partial charge in [0.15, 0.2) is 17.0 Å². The number of carbonyl (C=O) groups is 1. The van der Waals surface area contributed by atoms with E-state index in [0.29, 0.717) is 17.9 Å². The lowest BCUT2D eigenvalue weighted by Gasteiger charge is -2.20. The van der Waals surface area contributed by atoms with Gasteiger partial charge >= 0.3 is 5.69 Å². The molecule has 15 heteroatoms. The van der Waals surface area contributed by atoms with Gasteiger partial charge in [0.2, 0.25) is 5.91 Å². The molecular weight excluding hydrogens is 570 g/mol. The number of aliphatic hydroxyl groups is 3. The van der Waals surface area contributed by atoms with Gasteiger partial charge in [-0.2, -0.15) is 19.7 Å². The predicted molar refractivity (Wildman–Crippen MR) is 157 cm³/mol. The van der Waals surface area contributed by atoms with Crippen LogP contribution in [0.3, 0.4) is 0 Å². The van der Waals surface area contributed by atoms with Crippen LogP contribution in [0.2, 0.25) is 0 Å². The molecule has 44 heavy (non-hydrogen) atoms. The van der Waals surface area contributed by atoms with Crippen molar-refractivity contribution in [2.45, 2.75) is 36.6 Å². The van der Waals surface area contributed by atoms with Crippen LogP contribution in [0.4, 0.5) is 11.5 Å². The van der Waals surface area contributed by atoms with E-state index in [1.165, 1.54) is 17.2 Å². The molecule has 1 aliphatic carbocycles. The number of fused-ring (bicyclic) bond motifs is 1. The van der Waals surface area contributed by atoms with Crippen LogP contribution in [0.1, 0.15) is 29.5 Å². The van der Waals surface area contributed by atoms with Crippen molar-refractivity contribution in [2.75, 3.05) is 18.5 Å². The van der Waals surface area contributed by atoms with Gasteiger partial charge in [0.1, 0.15) is 31.2 Å². The number of nitro groups is 1. The second-order valence-electron chi connectivity index (χ2n) is 10.5. The minimum Gasteiger partial charge on any atom is -0.388 e. The molecule has 0 saturated heterocycles. The lowest BCUT2D eigenvalue weighted by Crippen LogP contribution is -2.44. The van der Waals surface area contributed by atoms with Crippen LogP contribution in [0, 0.1) is 10.1 Å². The maximum atomic E-state index is 11.8. The number of carbonyl (C=O) groups excluding carboxylic acids is 1. The van der Waals surface area contributed by atoms with Gasteiger partial charge in [0.05, 0.1) is 23.3 Å². The van der Waals surface area contributed by atoms with E-state index in [-0.39, 0.29) is 29.6 Å². The van der Waals surface area contributed by atoms with E-state index in [0.717, 1.165) is 17.3 Å². The molecule has 1 aliphatic rings. The summed E-state index contributed by atoms with van der Waals surface area (Å²) in [7, 11) is 0.